The van der Waals surface area contributed by atoms with E-state index in [4.69, 9.17) is 10.6 Å². The molecule has 0 amide bonds. The Hall–Kier alpha value is -3.05. The van der Waals surface area contributed by atoms with Gasteiger partial charge in [0.05, 0.1) is 29.8 Å². The van der Waals surface area contributed by atoms with Gasteiger partial charge in [-0.1, -0.05) is 5.16 Å². The fourth-order valence-electron chi connectivity index (χ4n) is 3.69. The molecule has 1 aliphatic carbocycles. The number of halogens is 1. The summed E-state index contributed by atoms with van der Waals surface area (Å²) < 4.78 is 16.3. The van der Waals surface area contributed by atoms with Crippen LogP contribution < -0.4 is 16.1 Å². The molecule has 154 valence electrons. The predicted octanol–water partition coefficient (Wildman–Crippen LogP) is -0.0632. The smallest absolute Gasteiger partial charge is 0.341 e. The van der Waals surface area contributed by atoms with Crippen molar-refractivity contribution in [2.24, 2.45) is 16.8 Å². The van der Waals surface area contributed by atoms with Gasteiger partial charge in [0.2, 0.25) is 5.43 Å². The molecular formula is C18H20FN5O5. The van der Waals surface area contributed by atoms with Gasteiger partial charge in [0.1, 0.15) is 18.3 Å². The number of fused-ring (bicyclic) bond motifs is 1. The van der Waals surface area contributed by atoms with Gasteiger partial charge in [-0.15, -0.1) is 0 Å². The van der Waals surface area contributed by atoms with Gasteiger partial charge < -0.3 is 30.3 Å². The summed E-state index contributed by atoms with van der Waals surface area (Å²) in [5.74, 6) is -2.30. The molecule has 0 spiro atoms. The van der Waals surface area contributed by atoms with Gasteiger partial charge in [0.25, 0.3) is 0 Å². The molecule has 29 heavy (non-hydrogen) atoms. The second-order valence-corrected chi connectivity index (χ2v) is 7.20. The molecule has 0 radical (unpaired) electrons. The van der Waals surface area contributed by atoms with Gasteiger partial charge in [-0.05, 0) is 12.5 Å². The Labute approximate surface area is 164 Å². The number of carboxylic acid groups (broad SMARTS) is 1. The summed E-state index contributed by atoms with van der Waals surface area (Å²) in [6, 6.07) is 0.587. The van der Waals surface area contributed by atoms with Crippen molar-refractivity contribution in [3.8, 4) is 0 Å². The van der Waals surface area contributed by atoms with Crippen molar-refractivity contribution in [2.75, 3.05) is 31.6 Å². The van der Waals surface area contributed by atoms with Gasteiger partial charge in [-0.3, -0.25) is 4.79 Å². The molecule has 1 aliphatic heterocycles. The van der Waals surface area contributed by atoms with Gasteiger partial charge in [-0.2, -0.15) is 0 Å². The summed E-state index contributed by atoms with van der Waals surface area (Å²) in [5.41, 5.74) is 5.24. The lowest BCUT2D eigenvalue weighted by atomic mass is 10.1. The second-order valence-electron chi connectivity index (χ2n) is 7.20. The predicted molar refractivity (Wildman–Crippen MR) is 102 cm³/mol. The molecule has 2 aromatic rings. The first-order valence-corrected chi connectivity index (χ1v) is 9.07. The normalized spacial score (nSPS) is 25.0. The van der Waals surface area contributed by atoms with Crippen molar-refractivity contribution in [3.63, 3.8) is 0 Å². The van der Waals surface area contributed by atoms with Crippen LogP contribution in [0.4, 0.5) is 10.2 Å². The number of nitrogens with two attached hydrogens (primary N) is 1. The molecule has 2 aromatic heterocycles. The summed E-state index contributed by atoms with van der Waals surface area (Å²) >= 11 is 0. The number of carbonyl (C=O) groups is 1. The van der Waals surface area contributed by atoms with Gasteiger partial charge in [-0.25, -0.2) is 14.2 Å². The Balaban J connectivity index is 1.87. The van der Waals surface area contributed by atoms with Crippen molar-refractivity contribution >= 4 is 28.5 Å². The Kier molecular flexibility index (Phi) is 4.71. The number of aromatic carboxylic acids is 1. The first-order valence-electron chi connectivity index (χ1n) is 9.07. The Morgan fingerprint density at radius 3 is 2.83 bits per heavy atom. The van der Waals surface area contributed by atoms with Crippen LogP contribution in [0.2, 0.25) is 0 Å². The van der Waals surface area contributed by atoms with Crippen LogP contribution in [-0.2, 0) is 4.84 Å². The molecule has 0 bridgehead atoms. The highest BCUT2D eigenvalue weighted by molar-refractivity contribution is 5.95. The highest BCUT2D eigenvalue weighted by Crippen LogP contribution is 2.38. The number of aromatic nitrogens is 2. The van der Waals surface area contributed by atoms with E-state index in [2.05, 4.69) is 10.1 Å². The highest BCUT2D eigenvalue weighted by Gasteiger charge is 2.39. The molecule has 4 N–H and O–H groups in total. The molecule has 2 fully saturated rings. The van der Waals surface area contributed by atoms with Crippen LogP contribution >= 0.6 is 0 Å². The summed E-state index contributed by atoms with van der Waals surface area (Å²) in [6.45, 7) is 0.932. The third kappa shape index (κ3) is 3.21. The first kappa shape index (κ1) is 19.3. The van der Waals surface area contributed by atoms with Crippen molar-refractivity contribution in [1.82, 2.24) is 9.55 Å². The van der Waals surface area contributed by atoms with Crippen LogP contribution in [0.1, 0.15) is 22.8 Å². The average molecular weight is 405 g/mol. The third-order valence-electron chi connectivity index (χ3n) is 5.31. The van der Waals surface area contributed by atoms with Crippen LogP contribution in [0.5, 0.6) is 0 Å². The molecule has 4 rings (SSSR count). The number of aliphatic hydroxyl groups excluding tert-OH is 1. The number of hydrogen-bond acceptors (Lipinski definition) is 8. The minimum atomic E-state index is -1.42. The van der Waals surface area contributed by atoms with E-state index in [0.29, 0.717) is 25.2 Å². The van der Waals surface area contributed by atoms with E-state index in [9.17, 15) is 24.2 Å². The van der Waals surface area contributed by atoms with Crippen LogP contribution in [-0.4, -0.2) is 64.3 Å². The van der Waals surface area contributed by atoms with Gasteiger partial charge >= 0.3 is 5.97 Å². The molecule has 3 heterocycles. The lowest BCUT2D eigenvalue weighted by Crippen LogP contribution is -2.26. The number of pyridine rings is 2. The maximum atomic E-state index is 14.9. The Morgan fingerprint density at radius 2 is 2.24 bits per heavy atom. The zero-order valence-corrected chi connectivity index (χ0v) is 15.6. The van der Waals surface area contributed by atoms with E-state index in [1.165, 1.54) is 11.7 Å². The van der Waals surface area contributed by atoms with Crippen LogP contribution in [0, 0.1) is 11.7 Å². The Bertz CT molecular complexity index is 1080. The molecule has 1 saturated heterocycles. The topological polar surface area (TPSA) is 143 Å². The molecule has 3 unspecified atom stereocenters. The minimum absolute atomic E-state index is 0.00335. The largest absolute Gasteiger partial charge is 0.477 e. The van der Waals surface area contributed by atoms with Crippen LogP contribution in [0.25, 0.3) is 11.0 Å². The maximum absolute atomic E-state index is 14.9. The quantitative estimate of drug-likeness (QED) is 0.587. The number of nitrogens with zero attached hydrogens (tertiary/aromatic N) is 4. The zero-order valence-electron chi connectivity index (χ0n) is 15.6. The molecule has 1 saturated carbocycles. The van der Waals surface area contributed by atoms with Crippen molar-refractivity contribution in [2.45, 2.75) is 18.6 Å². The van der Waals surface area contributed by atoms with E-state index in [-0.39, 0.29) is 29.3 Å². The summed E-state index contributed by atoms with van der Waals surface area (Å²) in [5, 5.41) is 22.9. The Morgan fingerprint density at radius 1 is 1.52 bits per heavy atom. The van der Waals surface area contributed by atoms with Crippen LogP contribution in [0.15, 0.2) is 22.2 Å². The molecule has 2 aliphatic rings. The number of aliphatic hydroxyl groups is 1. The lowest BCUT2D eigenvalue weighted by Gasteiger charge is -2.19. The van der Waals surface area contributed by atoms with E-state index in [0.717, 1.165) is 12.3 Å². The summed E-state index contributed by atoms with van der Waals surface area (Å²) in [4.78, 5) is 34.8. The number of anilines is 1. The van der Waals surface area contributed by atoms with E-state index < -0.39 is 34.9 Å². The SMILES string of the molecule is CO/N=C1\CN(c2nc3c(cc2F)c(=O)c(C(=O)O)cn3C2CC2O)CC1CN. The minimum Gasteiger partial charge on any atom is -0.477 e. The summed E-state index contributed by atoms with van der Waals surface area (Å²) in [7, 11) is 1.41. The van der Waals surface area contributed by atoms with Crippen LogP contribution in [0.3, 0.4) is 0 Å². The number of hydrogen-bond donors (Lipinski definition) is 3. The summed E-state index contributed by atoms with van der Waals surface area (Å²) in [6.07, 6.45) is 0.883. The monoisotopic (exact) mass is 405 g/mol. The number of rotatable bonds is 5. The molecule has 0 aromatic carbocycles. The average Bonchev–Trinajstić information content (AvgIpc) is 3.26. The first-order chi connectivity index (χ1) is 13.8. The van der Waals surface area contributed by atoms with E-state index in [1.54, 1.807) is 4.90 Å². The number of carboxylic acids is 1. The van der Waals surface area contributed by atoms with Crippen molar-refractivity contribution in [1.29, 1.82) is 0 Å². The molecule has 10 nitrogen and oxygen atoms in total. The molecule has 11 heteroatoms. The van der Waals surface area contributed by atoms with Gasteiger partial charge in [0.15, 0.2) is 11.6 Å². The highest BCUT2D eigenvalue weighted by atomic mass is 19.1. The fraction of sp³-hybridized carbons (Fsp3) is 0.444. The lowest BCUT2D eigenvalue weighted by molar-refractivity contribution is 0.0694. The fourth-order valence-corrected chi connectivity index (χ4v) is 3.69. The van der Waals surface area contributed by atoms with Crippen molar-refractivity contribution < 1.29 is 24.2 Å². The second kappa shape index (κ2) is 7.08. The standard InChI is InChI=1S/C18H20FN5O5/c1-29-22-12-7-23(5-8(12)4-20)17-11(19)2-9-15(26)10(18(27)28)6-24(16(9)21-17)13-3-14(13)25/h2,6,8,13-14,25H,3-5,7,20H2,1H3,(H,27,28)/b22-12+. The third-order valence-corrected chi connectivity index (χ3v) is 5.31. The molecular weight excluding hydrogens is 385 g/mol. The molecule has 3 atom stereocenters. The zero-order chi connectivity index (χ0) is 20.9. The maximum Gasteiger partial charge on any atom is 0.341 e. The van der Waals surface area contributed by atoms with Gasteiger partial charge in [0, 0.05) is 25.2 Å². The van der Waals surface area contributed by atoms with E-state index >= 15 is 0 Å². The van der Waals surface area contributed by atoms with Crippen molar-refractivity contribution in [3.05, 3.63) is 33.9 Å². The van der Waals surface area contributed by atoms with E-state index in [1.807, 2.05) is 0 Å². The number of oxime groups is 1.